The van der Waals surface area contributed by atoms with Crippen LogP contribution in [-0.2, 0) is 7.05 Å². The Bertz CT molecular complexity index is 629. The van der Waals surface area contributed by atoms with Crippen molar-refractivity contribution >= 4 is 11.6 Å². The van der Waals surface area contributed by atoms with Gasteiger partial charge in [-0.05, 0) is 36.4 Å². The smallest absolute Gasteiger partial charge is 0.263 e. The van der Waals surface area contributed by atoms with Crippen LogP contribution >= 0.6 is 0 Å². The highest BCUT2D eigenvalue weighted by atomic mass is 16.3. The summed E-state index contributed by atoms with van der Waals surface area (Å²) in [6.07, 6.45) is 1.58. The molecule has 0 aliphatic rings. The number of carbonyl (C=O) groups excluding carboxylic acids is 1. The normalized spacial score (nSPS) is 10.1. The highest BCUT2D eigenvalue weighted by molar-refractivity contribution is 6.03. The Morgan fingerprint density at radius 2 is 1.89 bits per heavy atom. The molecule has 0 fully saturated rings. The first kappa shape index (κ1) is 11.9. The van der Waals surface area contributed by atoms with E-state index in [4.69, 9.17) is 5.11 Å². The SMILES string of the molecule is Cn1cccc(C(=O)Nc2ccc(O)cc2)c1=O. The van der Waals surface area contributed by atoms with Gasteiger partial charge in [-0.25, -0.2) is 0 Å². The van der Waals surface area contributed by atoms with Gasteiger partial charge in [-0.2, -0.15) is 0 Å². The molecule has 18 heavy (non-hydrogen) atoms. The number of pyridine rings is 1. The molecule has 0 aliphatic carbocycles. The molecule has 0 spiro atoms. The van der Waals surface area contributed by atoms with Gasteiger partial charge < -0.3 is 15.0 Å². The summed E-state index contributed by atoms with van der Waals surface area (Å²) in [6.45, 7) is 0. The van der Waals surface area contributed by atoms with Crippen LogP contribution in [-0.4, -0.2) is 15.6 Å². The van der Waals surface area contributed by atoms with Gasteiger partial charge in [0.05, 0.1) is 0 Å². The van der Waals surface area contributed by atoms with Crippen LogP contribution in [0.3, 0.4) is 0 Å². The Kier molecular flexibility index (Phi) is 3.14. The van der Waals surface area contributed by atoms with Gasteiger partial charge in [-0.15, -0.1) is 0 Å². The van der Waals surface area contributed by atoms with Gasteiger partial charge in [0, 0.05) is 18.9 Å². The number of nitrogens with zero attached hydrogens (tertiary/aromatic N) is 1. The molecule has 0 saturated carbocycles. The standard InChI is InChI=1S/C13H12N2O3/c1-15-8-2-3-11(13(15)18)12(17)14-9-4-6-10(16)7-5-9/h2-8,16H,1H3,(H,14,17). The van der Waals surface area contributed by atoms with Crippen molar-refractivity contribution < 1.29 is 9.90 Å². The number of nitrogens with one attached hydrogen (secondary N) is 1. The monoisotopic (exact) mass is 244 g/mol. The predicted molar refractivity (Wildman–Crippen MR) is 67.7 cm³/mol. The van der Waals surface area contributed by atoms with Crippen molar-refractivity contribution in [3.63, 3.8) is 0 Å². The number of hydrogen-bond donors (Lipinski definition) is 2. The molecule has 0 saturated heterocycles. The third-order valence-electron chi connectivity index (χ3n) is 2.49. The Morgan fingerprint density at radius 1 is 1.22 bits per heavy atom. The Hall–Kier alpha value is -2.56. The molecule has 0 aliphatic heterocycles. The maximum absolute atomic E-state index is 11.9. The number of aromatic hydroxyl groups is 1. The Labute approximate surface area is 103 Å². The summed E-state index contributed by atoms with van der Waals surface area (Å²) in [7, 11) is 1.58. The summed E-state index contributed by atoms with van der Waals surface area (Å²) in [6, 6.07) is 9.13. The summed E-state index contributed by atoms with van der Waals surface area (Å²) in [5.41, 5.74) is 0.241. The van der Waals surface area contributed by atoms with Crippen molar-refractivity contribution in [2.24, 2.45) is 7.05 Å². The molecule has 0 radical (unpaired) electrons. The molecule has 1 aromatic carbocycles. The van der Waals surface area contributed by atoms with Crippen LogP contribution < -0.4 is 10.9 Å². The number of benzene rings is 1. The molecule has 5 heteroatoms. The number of amides is 1. The van der Waals surface area contributed by atoms with Crippen molar-refractivity contribution in [1.29, 1.82) is 0 Å². The van der Waals surface area contributed by atoms with E-state index in [1.807, 2.05) is 0 Å². The van der Waals surface area contributed by atoms with Crippen LogP contribution in [0.25, 0.3) is 0 Å². The lowest BCUT2D eigenvalue weighted by molar-refractivity contribution is 0.102. The molecule has 0 atom stereocenters. The first-order valence-corrected chi connectivity index (χ1v) is 5.34. The molecule has 2 rings (SSSR count). The quantitative estimate of drug-likeness (QED) is 0.783. The number of phenolic OH excluding ortho intramolecular Hbond substituents is 1. The van der Waals surface area contributed by atoms with Crippen LogP contribution in [0, 0.1) is 0 Å². The van der Waals surface area contributed by atoms with Gasteiger partial charge in [0.25, 0.3) is 11.5 Å². The minimum absolute atomic E-state index is 0.0769. The summed E-state index contributed by atoms with van der Waals surface area (Å²) in [5.74, 6) is -0.356. The maximum atomic E-state index is 11.9. The van der Waals surface area contributed by atoms with Crippen molar-refractivity contribution in [3.8, 4) is 5.75 Å². The third-order valence-corrected chi connectivity index (χ3v) is 2.49. The van der Waals surface area contributed by atoms with Gasteiger partial charge in [-0.3, -0.25) is 9.59 Å². The molecule has 1 heterocycles. The predicted octanol–water partition coefficient (Wildman–Crippen LogP) is 1.34. The first-order chi connectivity index (χ1) is 8.58. The molecule has 5 nitrogen and oxygen atoms in total. The Morgan fingerprint density at radius 3 is 2.56 bits per heavy atom. The number of rotatable bonds is 2. The lowest BCUT2D eigenvalue weighted by atomic mass is 10.2. The van der Waals surface area contributed by atoms with Gasteiger partial charge in [0.1, 0.15) is 11.3 Å². The number of carbonyl (C=O) groups is 1. The van der Waals surface area contributed by atoms with Gasteiger partial charge >= 0.3 is 0 Å². The Balaban J connectivity index is 2.25. The van der Waals surface area contributed by atoms with Crippen LogP contribution in [0.5, 0.6) is 5.75 Å². The second-order valence-corrected chi connectivity index (χ2v) is 3.84. The summed E-state index contributed by atoms with van der Waals surface area (Å²) >= 11 is 0. The van der Waals surface area contributed by atoms with Crippen molar-refractivity contribution in [1.82, 2.24) is 4.57 Å². The highest BCUT2D eigenvalue weighted by Crippen LogP contribution is 2.14. The fourth-order valence-electron chi connectivity index (χ4n) is 1.51. The number of aryl methyl sites for hydroxylation is 1. The van der Waals surface area contributed by atoms with Crippen molar-refractivity contribution in [2.75, 3.05) is 5.32 Å². The zero-order valence-corrected chi connectivity index (χ0v) is 9.75. The summed E-state index contributed by atoms with van der Waals surface area (Å²) < 4.78 is 1.34. The average molecular weight is 244 g/mol. The number of anilines is 1. The fraction of sp³-hybridized carbons (Fsp3) is 0.0769. The van der Waals surface area contributed by atoms with E-state index in [-0.39, 0.29) is 16.9 Å². The van der Waals surface area contributed by atoms with Gasteiger partial charge in [-0.1, -0.05) is 0 Å². The minimum Gasteiger partial charge on any atom is -0.508 e. The molecule has 1 aromatic heterocycles. The van der Waals surface area contributed by atoms with E-state index in [0.29, 0.717) is 5.69 Å². The summed E-state index contributed by atoms with van der Waals surface area (Å²) in [5, 5.41) is 11.7. The van der Waals surface area contributed by atoms with E-state index in [0.717, 1.165) is 0 Å². The minimum atomic E-state index is -0.470. The fourth-order valence-corrected chi connectivity index (χ4v) is 1.51. The second-order valence-electron chi connectivity index (χ2n) is 3.84. The zero-order valence-electron chi connectivity index (χ0n) is 9.75. The van der Waals surface area contributed by atoms with E-state index in [1.54, 1.807) is 31.4 Å². The summed E-state index contributed by atoms with van der Waals surface area (Å²) in [4.78, 5) is 23.6. The number of hydrogen-bond acceptors (Lipinski definition) is 3. The third kappa shape index (κ3) is 2.40. The van der Waals surface area contributed by atoms with Crippen LogP contribution in [0.2, 0.25) is 0 Å². The highest BCUT2D eigenvalue weighted by Gasteiger charge is 2.10. The number of aromatic nitrogens is 1. The van der Waals surface area contributed by atoms with E-state index >= 15 is 0 Å². The molecule has 2 N–H and O–H groups in total. The van der Waals surface area contributed by atoms with Gasteiger partial charge in [0.15, 0.2) is 0 Å². The molecule has 0 bridgehead atoms. The molecular formula is C13H12N2O3. The van der Waals surface area contributed by atoms with Gasteiger partial charge in [0.2, 0.25) is 0 Å². The largest absolute Gasteiger partial charge is 0.508 e. The molecule has 1 amide bonds. The lowest BCUT2D eigenvalue weighted by Gasteiger charge is -2.05. The molecule has 2 aromatic rings. The molecule has 92 valence electrons. The topological polar surface area (TPSA) is 71.3 Å². The van der Waals surface area contributed by atoms with Crippen LogP contribution in [0.4, 0.5) is 5.69 Å². The first-order valence-electron chi connectivity index (χ1n) is 5.34. The van der Waals surface area contributed by atoms with E-state index in [1.165, 1.54) is 22.8 Å². The van der Waals surface area contributed by atoms with Crippen molar-refractivity contribution in [2.45, 2.75) is 0 Å². The zero-order chi connectivity index (χ0) is 13.1. The van der Waals surface area contributed by atoms with Crippen LogP contribution in [0.1, 0.15) is 10.4 Å². The average Bonchev–Trinajstić information content (AvgIpc) is 2.35. The second kappa shape index (κ2) is 4.75. The lowest BCUT2D eigenvalue weighted by Crippen LogP contribution is -2.26. The van der Waals surface area contributed by atoms with E-state index in [9.17, 15) is 9.59 Å². The molecular weight excluding hydrogens is 232 g/mol. The van der Waals surface area contributed by atoms with Crippen LogP contribution in [0.15, 0.2) is 47.4 Å². The molecule has 0 unspecified atom stereocenters. The van der Waals surface area contributed by atoms with E-state index < -0.39 is 5.91 Å². The van der Waals surface area contributed by atoms with Crippen molar-refractivity contribution in [3.05, 3.63) is 58.5 Å². The maximum Gasteiger partial charge on any atom is 0.263 e. The van der Waals surface area contributed by atoms with E-state index in [2.05, 4.69) is 5.32 Å². The number of phenols is 1.